The van der Waals surface area contributed by atoms with Crippen LogP contribution in [-0.4, -0.2) is 32.4 Å². The Labute approximate surface area is 198 Å². The van der Waals surface area contributed by atoms with Crippen molar-refractivity contribution in [1.82, 2.24) is 9.97 Å². The van der Waals surface area contributed by atoms with Gasteiger partial charge in [-0.1, -0.05) is 11.8 Å². The number of halogens is 1. The van der Waals surface area contributed by atoms with Crippen LogP contribution in [0.4, 0.5) is 10.8 Å². The number of hydrogen-bond acceptors (Lipinski definition) is 8. The summed E-state index contributed by atoms with van der Waals surface area (Å²) >= 11 is 6.53. The highest BCUT2D eigenvalue weighted by molar-refractivity contribution is 14.1. The smallest absolute Gasteiger partial charge is 0.239 e. The van der Waals surface area contributed by atoms with Crippen molar-refractivity contribution in [2.75, 3.05) is 5.32 Å². The highest BCUT2D eigenvalue weighted by Crippen LogP contribution is 2.34. The summed E-state index contributed by atoms with van der Waals surface area (Å²) in [4.78, 5) is 25.5. The molecule has 0 aliphatic rings. The number of aromatic hydroxyl groups is 1. The van der Waals surface area contributed by atoms with Gasteiger partial charge >= 0.3 is 0 Å². The van der Waals surface area contributed by atoms with Crippen molar-refractivity contribution in [2.24, 2.45) is 4.99 Å². The van der Waals surface area contributed by atoms with Crippen molar-refractivity contribution in [3.05, 3.63) is 57.1 Å². The Morgan fingerprint density at radius 2 is 2.20 bits per heavy atom. The minimum Gasteiger partial charge on any atom is -0.507 e. The number of hydrogen-bond donors (Lipinski definition) is 2. The lowest BCUT2D eigenvalue weighted by molar-refractivity contribution is -0.115. The van der Waals surface area contributed by atoms with Crippen molar-refractivity contribution in [3.63, 3.8) is 0 Å². The third-order valence-corrected chi connectivity index (χ3v) is 7.58. The fourth-order valence-corrected chi connectivity index (χ4v) is 5.78. The van der Waals surface area contributed by atoms with E-state index >= 15 is 0 Å². The molecule has 2 aromatic heterocycles. The molecule has 0 radical (unpaired) electrons. The highest BCUT2D eigenvalue weighted by atomic mass is 127. The predicted octanol–water partition coefficient (Wildman–Crippen LogP) is 5.93. The number of carbonyl (C=O) groups excluding carboxylic acids is 1. The van der Waals surface area contributed by atoms with Gasteiger partial charge in [-0.15, -0.1) is 22.7 Å². The molecule has 4 rings (SSSR count). The van der Waals surface area contributed by atoms with E-state index in [-0.39, 0.29) is 16.9 Å². The van der Waals surface area contributed by atoms with Gasteiger partial charge in [-0.05, 0) is 65.9 Å². The molecule has 6 nitrogen and oxygen atoms in total. The second-order valence-electron chi connectivity index (χ2n) is 6.18. The van der Waals surface area contributed by atoms with Crippen LogP contribution in [0, 0.1) is 3.57 Å². The molecule has 0 aliphatic heterocycles. The van der Waals surface area contributed by atoms with E-state index in [1.807, 2.05) is 42.6 Å². The lowest BCUT2D eigenvalue weighted by Gasteiger charge is -2.07. The summed E-state index contributed by atoms with van der Waals surface area (Å²) in [5, 5.41) is 14.9. The van der Waals surface area contributed by atoms with Crippen molar-refractivity contribution in [1.29, 1.82) is 0 Å². The molecule has 10 heteroatoms. The summed E-state index contributed by atoms with van der Waals surface area (Å²) in [6, 6.07) is 11.1. The average molecular weight is 566 g/mol. The topological polar surface area (TPSA) is 87.5 Å². The molecule has 2 aromatic carbocycles. The van der Waals surface area contributed by atoms with Gasteiger partial charge in [0.25, 0.3) is 0 Å². The SMILES string of the molecule is C[C@@H](Sc1nc2ccc(N=Cc3cc(I)ccc3O)cc2s1)C(=O)Nc1nccs1. The minimum atomic E-state index is -0.296. The van der Waals surface area contributed by atoms with Crippen molar-refractivity contribution >= 4 is 90.2 Å². The van der Waals surface area contributed by atoms with Crippen LogP contribution in [0.2, 0.25) is 0 Å². The van der Waals surface area contributed by atoms with Gasteiger partial charge in [-0.25, -0.2) is 9.97 Å². The van der Waals surface area contributed by atoms with Gasteiger partial charge in [0.05, 0.1) is 21.2 Å². The van der Waals surface area contributed by atoms with Crippen LogP contribution in [0.15, 0.2) is 57.3 Å². The van der Waals surface area contributed by atoms with Crippen molar-refractivity contribution < 1.29 is 9.90 Å². The third-order valence-electron chi connectivity index (χ3n) is 4.00. The van der Waals surface area contributed by atoms with Crippen LogP contribution in [0.5, 0.6) is 5.75 Å². The standard InChI is InChI=1S/C20H15IN4O2S3/c1-11(18(27)25-19-22-6-7-28-19)29-20-24-15-4-3-14(9-17(15)30-20)23-10-12-8-13(21)2-5-16(12)26/h2-11,26H,1H3,(H,22,25,27)/t11-/m1/s1. The number of thioether (sulfide) groups is 1. The van der Waals surface area contributed by atoms with Gasteiger partial charge in [0.15, 0.2) is 9.47 Å². The Morgan fingerprint density at radius 3 is 3.00 bits per heavy atom. The molecule has 2 heterocycles. The summed E-state index contributed by atoms with van der Waals surface area (Å²) in [5.41, 5.74) is 2.31. The number of benzene rings is 2. The molecule has 30 heavy (non-hydrogen) atoms. The van der Waals surface area contributed by atoms with E-state index in [1.165, 1.54) is 34.4 Å². The number of nitrogens with zero attached hydrogens (tertiary/aromatic N) is 3. The molecule has 2 N–H and O–H groups in total. The molecule has 0 saturated heterocycles. The van der Waals surface area contributed by atoms with Crippen molar-refractivity contribution in [3.8, 4) is 5.75 Å². The van der Waals surface area contributed by atoms with E-state index in [1.54, 1.807) is 18.5 Å². The van der Waals surface area contributed by atoms with Gasteiger partial charge in [0.2, 0.25) is 5.91 Å². The maximum Gasteiger partial charge on any atom is 0.239 e. The highest BCUT2D eigenvalue weighted by Gasteiger charge is 2.18. The van der Waals surface area contributed by atoms with Gasteiger partial charge in [-0.3, -0.25) is 9.79 Å². The molecule has 0 aliphatic carbocycles. The Hall–Kier alpha value is -2.02. The zero-order chi connectivity index (χ0) is 21.1. The van der Waals surface area contributed by atoms with E-state index in [2.05, 4.69) is 42.9 Å². The predicted molar refractivity (Wildman–Crippen MR) is 134 cm³/mol. The molecule has 0 saturated carbocycles. The maximum absolute atomic E-state index is 12.3. The average Bonchev–Trinajstić information content (AvgIpc) is 3.37. The zero-order valence-corrected chi connectivity index (χ0v) is 20.2. The van der Waals surface area contributed by atoms with Crippen LogP contribution in [-0.2, 0) is 4.79 Å². The number of aromatic nitrogens is 2. The molecule has 0 fully saturated rings. The quantitative estimate of drug-likeness (QED) is 0.172. The lowest BCUT2D eigenvalue weighted by Crippen LogP contribution is -2.22. The monoisotopic (exact) mass is 566 g/mol. The van der Waals surface area contributed by atoms with Gasteiger partial charge in [0.1, 0.15) is 5.75 Å². The fraction of sp³-hybridized carbons (Fsp3) is 0.100. The number of phenols is 1. The summed E-state index contributed by atoms with van der Waals surface area (Å²) in [6.07, 6.45) is 3.31. The van der Waals surface area contributed by atoms with Crippen molar-refractivity contribution in [2.45, 2.75) is 16.5 Å². The number of aliphatic imine (C=N–C) groups is 1. The summed E-state index contributed by atoms with van der Waals surface area (Å²) in [6.45, 7) is 1.85. The number of phenolic OH excluding ortho intramolecular Hbond substituents is 1. The molecule has 0 bridgehead atoms. The number of thiazole rings is 2. The number of anilines is 1. The van der Waals surface area contributed by atoms with Crippen LogP contribution in [0.25, 0.3) is 10.2 Å². The Morgan fingerprint density at radius 1 is 1.33 bits per heavy atom. The van der Waals surface area contributed by atoms with Gasteiger partial charge < -0.3 is 10.4 Å². The summed E-state index contributed by atoms with van der Waals surface area (Å²) in [7, 11) is 0. The number of carbonyl (C=O) groups is 1. The second kappa shape index (κ2) is 9.41. The first-order valence-electron chi connectivity index (χ1n) is 8.78. The van der Waals surface area contributed by atoms with Crippen LogP contribution in [0.1, 0.15) is 12.5 Å². The Bertz CT molecular complexity index is 1220. The lowest BCUT2D eigenvalue weighted by atomic mass is 10.2. The molecule has 0 unspecified atom stereocenters. The first kappa shape index (κ1) is 21.2. The number of nitrogens with one attached hydrogen (secondary N) is 1. The first-order chi connectivity index (χ1) is 14.5. The van der Waals surface area contributed by atoms with E-state index in [0.717, 1.165) is 23.8 Å². The number of fused-ring (bicyclic) bond motifs is 1. The van der Waals surface area contributed by atoms with E-state index < -0.39 is 0 Å². The molecule has 1 atom stereocenters. The maximum atomic E-state index is 12.3. The Balaban J connectivity index is 1.47. The third kappa shape index (κ3) is 5.17. The van der Waals surface area contributed by atoms with Gasteiger partial charge in [0, 0.05) is 26.9 Å². The zero-order valence-electron chi connectivity index (χ0n) is 15.6. The molecular formula is C20H15IN4O2S3. The largest absolute Gasteiger partial charge is 0.507 e. The van der Waals surface area contributed by atoms with E-state index in [9.17, 15) is 9.90 Å². The fourth-order valence-electron chi connectivity index (χ4n) is 2.49. The summed E-state index contributed by atoms with van der Waals surface area (Å²) in [5.74, 6) is 0.0959. The molecule has 4 aromatic rings. The normalized spacial score (nSPS) is 12.5. The first-order valence-corrected chi connectivity index (χ1v) is 12.4. The summed E-state index contributed by atoms with van der Waals surface area (Å²) < 4.78 is 2.84. The molecular weight excluding hydrogens is 551 g/mol. The van der Waals surface area contributed by atoms with E-state index in [0.29, 0.717) is 10.7 Å². The molecule has 0 spiro atoms. The molecule has 1 amide bonds. The Kier molecular flexibility index (Phi) is 6.66. The number of amides is 1. The van der Waals surface area contributed by atoms with Crippen LogP contribution >= 0.6 is 57.0 Å². The van der Waals surface area contributed by atoms with Crippen LogP contribution in [0.3, 0.4) is 0 Å². The van der Waals surface area contributed by atoms with Crippen LogP contribution < -0.4 is 5.32 Å². The number of rotatable bonds is 6. The molecule has 152 valence electrons. The minimum absolute atomic E-state index is 0.100. The van der Waals surface area contributed by atoms with E-state index in [4.69, 9.17) is 0 Å². The van der Waals surface area contributed by atoms with Gasteiger partial charge in [-0.2, -0.15) is 0 Å². The second-order valence-corrected chi connectivity index (χ2v) is 10.9.